The third-order valence-electron chi connectivity index (χ3n) is 2.23. The molecule has 1 aromatic rings. The van der Waals surface area contributed by atoms with Gasteiger partial charge in [-0.3, -0.25) is 0 Å². The van der Waals surface area contributed by atoms with Crippen molar-refractivity contribution in [1.82, 2.24) is 0 Å². The Hall–Kier alpha value is -1.03. The average molecular weight is 218 g/mol. The van der Waals surface area contributed by atoms with Gasteiger partial charge in [0.2, 0.25) is 0 Å². The van der Waals surface area contributed by atoms with E-state index < -0.39 is 24.3 Å². The molecule has 0 aliphatic heterocycles. The first-order valence-corrected chi connectivity index (χ1v) is 4.76. The van der Waals surface area contributed by atoms with Crippen LogP contribution in [0.5, 0.6) is 0 Å². The first-order chi connectivity index (χ1) is 6.95. The van der Waals surface area contributed by atoms with Crippen molar-refractivity contribution >= 4 is 0 Å². The Morgan fingerprint density at radius 1 is 1.27 bits per heavy atom. The maximum atomic E-state index is 13.3. The highest BCUT2D eigenvalue weighted by Crippen LogP contribution is 2.25. The smallest absolute Gasteiger partial charge is 0.277 e. The molecular weight excluding hydrogens is 205 g/mol. The third-order valence-corrected chi connectivity index (χ3v) is 2.23. The lowest BCUT2D eigenvalue weighted by atomic mass is 10.0. The number of hydrogen-bond donors (Lipinski definition) is 1. The van der Waals surface area contributed by atoms with Gasteiger partial charge < -0.3 is 5.11 Å². The highest BCUT2D eigenvalue weighted by molar-refractivity contribution is 5.17. The van der Waals surface area contributed by atoms with Gasteiger partial charge in [-0.05, 0) is 24.1 Å². The summed E-state index contributed by atoms with van der Waals surface area (Å²) in [4.78, 5) is 0. The van der Waals surface area contributed by atoms with E-state index >= 15 is 0 Å². The molecule has 1 N–H and O–H groups in total. The van der Waals surface area contributed by atoms with Gasteiger partial charge in [0.25, 0.3) is 5.92 Å². The molecule has 1 unspecified atom stereocenters. The van der Waals surface area contributed by atoms with Gasteiger partial charge in [0.05, 0.1) is 0 Å². The molecule has 15 heavy (non-hydrogen) atoms. The molecule has 0 aliphatic rings. The summed E-state index contributed by atoms with van der Waals surface area (Å²) in [6.07, 6.45) is -2.22. The Morgan fingerprint density at radius 3 is 2.27 bits per heavy atom. The Balaban J connectivity index is 2.72. The van der Waals surface area contributed by atoms with Gasteiger partial charge in [-0.15, -0.1) is 0 Å². The van der Waals surface area contributed by atoms with E-state index in [9.17, 15) is 13.2 Å². The summed E-state index contributed by atoms with van der Waals surface area (Å²) in [6.45, 7) is 1.49. The molecule has 0 amide bonds. The minimum atomic E-state index is -3.16. The van der Waals surface area contributed by atoms with Crippen molar-refractivity contribution in [3.05, 3.63) is 35.6 Å². The van der Waals surface area contributed by atoms with E-state index in [-0.39, 0.29) is 6.42 Å². The molecule has 0 radical (unpaired) electrons. The fourth-order valence-electron chi connectivity index (χ4n) is 1.29. The zero-order chi connectivity index (χ0) is 11.5. The number of aliphatic hydroxyl groups is 1. The predicted octanol–water partition coefficient (Wildman–Crippen LogP) is 2.77. The van der Waals surface area contributed by atoms with Crippen LogP contribution in [0.1, 0.15) is 18.9 Å². The van der Waals surface area contributed by atoms with Crippen LogP contribution in [-0.2, 0) is 6.42 Å². The largest absolute Gasteiger partial charge is 0.387 e. The van der Waals surface area contributed by atoms with Crippen molar-refractivity contribution in [2.75, 3.05) is 0 Å². The highest BCUT2D eigenvalue weighted by atomic mass is 19.3. The Morgan fingerprint density at radius 2 is 1.80 bits per heavy atom. The molecule has 0 saturated heterocycles. The lowest BCUT2D eigenvalue weighted by Crippen LogP contribution is -2.35. The van der Waals surface area contributed by atoms with Crippen molar-refractivity contribution in [2.45, 2.75) is 31.8 Å². The van der Waals surface area contributed by atoms with Crippen LogP contribution >= 0.6 is 0 Å². The molecule has 0 bridgehead atoms. The van der Waals surface area contributed by atoms with Crippen LogP contribution in [0.4, 0.5) is 13.2 Å². The molecule has 1 atom stereocenters. The number of hydrogen-bond acceptors (Lipinski definition) is 1. The fraction of sp³-hybridized carbons (Fsp3) is 0.455. The molecule has 0 saturated carbocycles. The SMILES string of the molecule is CCC(O)C(F)(F)Cc1ccc(F)cc1. The minimum Gasteiger partial charge on any atom is -0.387 e. The average Bonchev–Trinajstić information content (AvgIpc) is 2.20. The molecular formula is C11H13F3O. The number of rotatable bonds is 4. The second-order valence-corrected chi connectivity index (χ2v) is 3.49. The molecule has 0 heterocycles. The fourth-order valence-corrected chi connectivity index (χ4v) is 1.29. The van der Waals surface area contributed by atoms with E-state index in [0.717, 1.165) is 12.1 Å². The van der Waals surface area contributed by atoms with Crippen LogP contribution in [0.15, 0.2) is 24.3 Å². The second kappa shape index (κ2) is 4.66. The first kappa shape index (κ1) is 12.0. The lowest BCUT2D eigenvalue weighted by Gasteiger charge is -2.21. The van der Waals surface area contributed by atoms with Crippen molar-refractivity contribution < 1.29 is 18.3 Å². The molecule has 84 valence electrons. The summed E-state index contributed by atoms with van der Waals surface area (Å²) in [7, 11) is 0. The van der Waals surface area contributed by atoms with E-state index in [2.05, 4.69) is 0 Å². The molecule has 1 nitrogen and oxygen atoms in total. The van der Waals surface area contributed by atoms with Gasteiger partial charge in [-0.2, -0.15) is 0 Å². The van der Waals surface area contributed by atoms with Crippen LogP contribution < -0.4 is 0 Å². The second-order valence-electron chi connectivity index (χ2n) is 3.49. The molecule has 0 fully saturated rings. The van der Waals surface area contributed by atoms with E-state index in [1.54, 1.807) is 0 Å². The molecule has 0 aliphatic carbocycles. The van der Waals surface area contributed by atoms with E-state index in [1.807, 2.05) is 0 Å². The van der Waals surface area contributed by atoms with Crippen LogP contribution in [0, 0.1) is 5.82 Å². The molecule has 0 spiro atoms. The summed E-state index contributed by atoms with van der Waals surface area (Å²) < 4.78 is 39.0. The normalized spacial score (nSPS) is 13.9. The minimum absolute atomic E-state index is 0.00576. The van der Waals surface area contributed by atoms with E-state index in [1.165, 1.54) is 19.1 Å². The Bertz CT molecular complexity index is 308. The quantitative estimate of drug-likeness (QED) is 0.823. The maximum absolute atomic E-state index is 13.3. The zero-order valence-corrected chi connectivity index (χ0v) is 8.38. The summed E-state index contributed by atoms with van der Waals surface area (Å²) in [5, 5.41) is 9.08. The summed E-state index contributed by atoms with van der Waals surface area (Å²) in [5.74, 6) is -3.62. The van der Waals surface area contributed by atoms with Crippen molar-refractivity contribution in [2.24, 2.45) is 0 Å². The van der Waals surface area contributed by atoms with Gasteiger partial charge in [-0.25, -0.2) is 13.2 Å². The van der Waals surface area contributed by atoms with Crippen LogP contribution in [-0.4, -0.2) is 17.1 Å². The van der Waals surface area contributed by atoms with Crippen molar-refractivity contribution in [3.8, 4) is 0 Å². The van der Waals surface area contributed by atoms with E-state index in [0.29, 0.717) is 5.56 Å². The van der Waals surface area contributed by atoms with Gasteiger partial charge in [0, 0.05) is 6.42 Å². The molecule has 1 aromatic carbocycles. The maximum Gasteiger partial charge on any atom is 0.277 e. The summed E-state index contributed by atoms with van der Waals surface area (Å²) in [5.41, 5.74) is 0.314. The first-order valence-electron chi connectivity index (χ1n) is 4.76. The summed E-state index contributed by atoms with van der Waals surface area (Å²) >= 11 is 0. The topological polar surface area (TPSA) is 20.2 Å². The lowest BCUT2D eigenvalue weighted by molar-refractivity contribution is -0.108. The Kier molecular flexibility index (Phi) is 3.74. The van der Waals surface area contributed by atoms with Gasteiger partial charge in [0.15, 0.2) is 0 Å². The number of halogens is 3. The molecule has 4 heteroatoms. The van der Waals surface area contributed by atoms with E-state index in [4.69, 9.17) is 5.11 Å². The standard InChI is InChI=1S/C11H13F3O/c1-2-10(15)11(13,14)7-8-3-5-9(12)6-4-8/h3-6,10,15H,2,7H2,1H3. The van der Waals surface area contributed by atoms with Crippen LogP contribution in [0.3, 0.4) is 0 Å². The van der Waals surface area contributed by atoms with Crippen molar-refractivity contribution in [1.29, 1.82) is 0 Å². The predicted molar refractivity (Wildman–Crippen MR) is 51.3 cm³/mol. The van der Waals surface area contributed by atoms with Gasteiger partial charge in [-0.1, -0.05) is 19.1 Å². The number of alkyl halides is 2. The number of benzene rings is 1. The van der Waals surface area contributed by atoms with Crippen LogP contribution in [0.2, 0.25) is 0 Å². The van der Waals surface area contributed by atoms with Crippen LogP contribution in [0.25, 0.3) is 0 Å². The zero-order valence-electron chi connectivity index (χ0n) is 8.38. The monoisotopic (exact) mass is 218 g/mol. The Labute approximate surface area is 86.5 Å². The van der Waals surface area contributed by atoms with Crippen molar-refractivity contribution in [3.63, 3.8) is 0 Å². The highest BCUT2D eigenvalue weighted by Gasteiger charge is 2.36. The third kappa shape index (κ3) is 3.23. The summed E-state index contributed by atoms with van der Waals surface area (Å²) in [6, 6.07) is 4.85. The number of aliphatic hydroxyl groups excluding tert-OH is 1. The molecule has 1 rings (SSSR count). The molecule has 0 aromatic heterocycles. The van der Waals surface area contributed by atoms with Gasteiger partial charge >= 0.3 is 0 Å². The van der Waals surface area contributed by atoms with Gasteiger partial charge in [0.1, 0.15) is 11.9 Å².